The van der Waals surface area contributed by atoms with E-state index in [4.69, 9.17) is 26.4 Å². The molecule has 2 atom stereocenters. The second kappa shape index (κ2) is 11.5. The molecule has 10 nitrogen and oxygen atoms in total. The Balaban J connectivity index is 1.58. The maximum atomic E-state index is 14.0. The van der Waals surface area contributed by atoms with Crippen molar-refractivity contribution < 1.29 is 38.2 Å². The summed E-state index contributed by atoms with van der Waals surface area (Å²) in [5.41, 5.74) is 0.508. The van der Waals surface area contributed by atoms with Crippen molar-refractivity contribution in [2.24, 2.45) is 11.8 Å². The Bertz CT molecular complexity index is 1440. The zero-order chi connectivity index (χ0) is 30.5. The van der Waals surface area contributed by atoms with Crippen LogP contribution in [0.5, 0.6) is 5.75 Å². The van der Waals surface area contributed by atoms with Gasteiger partial charge in [-0.05, 0) is 44.9 Å². The van der Waals surface area contributed by atoms with Crippen molar-refractivity contribution in [3.8, 4) is 5.75 Å². The van der Waals surface area contributed by atoms with Gasteiger partial charge in [-0.3, -0.25) is 24.2 Å². The smallest absolute Gasteiger partial charge is 0.346 e. The summed E-state index contributed by atoms with van der Waals surface area (Å²) < 4.78 is 15.8. The number of esters is 2. The normalized spacial score (nSPS) is 23.2. The van der Waals surface area contributed by atoms with Gasteiger partial charge in [0, 0.05) is 11.1 Å². The number of ether oxygens (including phenoxy) is 3. The van der Waals surface area contributed by atoms with Crippen molar-refractivity contribution in [3.63, 3.8) is 0 Å². The first-order valence-electron chi connectivity index (χ1n) is 13.4. The maximum Gasteiger partial charge on any atom is 0.346 e. The Kier molecular flexibility index (Phi) is 8.29. The fourth-order valence-electron chi connectivity index (χ4n) is 5.96. The van der Waals surface area contributed by atoms with Crippen LogP contribution in [0.2, 0.25) is 0 Å². The predicted octanol–water partition coefficient (Wildman–Crippen LogP) is 4.07. The zero-order valence-corrected chi connectivity index (χ0v) is 26.3. The molecule has 222 valence electrons. The van der Waals surface area contributed by atoms with Crippen molar-refractivity contribution in [1.29, 1.82) is 0 Å². The molecule has 1 aromatic carbocycles. The molecule has 3 aliphatic heterocycles. The number of nitrogens with zero attached hydrogens (tertiary/aromatic N) is 2. The van der Waals surface area contributed by atoms with Gasteiger partial charge in [0.1, 0.15) is 22.1 Å². The molecule has 1 saturated heterocycles. The highest BCUT2D eigenvalue weighted by atomic mass is 32.2. The molecule has 42 heavy (non-hydrogen) atoms. The van der Waals surface area contributed by atoms with Gasteiger partial charge < -0.3 is 14.2 Å². The summed E-state index contributed by atoms with van der Waals surface area (Å²) >= 11 is 8.11. The monoisotopic (exact) mass is 630 g/mol. The molecule has 5 rings (SSSR count). The van der Waals surface area contributed by atoms with Crippen LogP contribution in [0.15, 0.2) is 32.2 Å². The van der Waals surface area contributed by atoms with Crippen LogP contribution in [0, 0.1) is 11.8 Å². The van der Waals surface area contributed by atoms with Crippen LogP contribution in [0.3, 0.4) is 0 Å². The Morgan fingerprint density at radius 2 is 1.50 bits per heavy atom. The van der Waals surface area contributed by atoms with E-state index in [1.165, 1.54) is 26.2 Å². The lowest BCUT2D eigenvalue weighted by Gasteiger charge is -2.45. The van der Waals surface area contributed by atoms with Crippen molar-refractivity contribution >= 4 is 81.5 Å². The van der Waals surface area contributed by atoms with Crippen LogP contribution in [0.1, 0.15) is 45.1 Å². The second-order valence-corrected chi connectivity index (χ2v) is 13.5. The molecule has 1 aromatic rings. The van der Waals surface area contributed by atoms with Crippen LogP contribution in [0.25, 0.3) is 5.57 Å². The number of amides is 3. The summed E-state index contributed by atoms with van der Waals surface area (Å²) in [6.07, 6.45) is 3.09. The molecule has 13 heteroatoms. The van der Waals surface area contributed by atoms with Crippen LogP contribution in [-0.2, 0) is 33.4 Å². The summed E-state index contributed by atoms with van der Waals surface area (Å²) in [5, 5.41) is 0. The molecule has 0 N–H and O–H groups in total. The highest BCUT2D eigenvalue weighted by molar-refractivity contribution is 8.29. The maximum absolute atomic E-state index is 14.0. The molecule has 3 heterocycles. The van der Waals surface area contributed by atoms with Gasteiger partial charge in [0.05, 0.1) is 53.5 Å². The van der Waals surface area contributed by atoms with Gasteiger partial charge >= 0.3 is 11.9 Å². The van der Waals surface area contributed by atoms with E-state index in [-0.39, 0.29) is 33.5 Å². The molecule has 2 unspecified atom stereocenters. The van der Waals surface area contributed by atoms with Gasteiger partial charge in [-0.2, -0.15) is 0 Å². The van der Waals surface area contributed by atoms with Gasteiger partial charge in [0.15, 0.2) is 0 Å². The van der Waals surface area contributed by atoms with E-state index in [0.29, 0.717) is 44.5 Å². The predicted molar refractivity (Wildman–Crippen MR) is 162 cm³/mol. The number of thioether (sulfide) groups is 2. The minimum atomic E-state index is -1.09. The third kappa shape index (κ3) is 4.84. The van der Waals surface area contributed by atoms with Crippen LogP contribution in [-0.4, -0.2) is 72.8 Å². The third-order valence-electron chi connectivity index (χ3n) is 8.07. The van der Waals surface area contributed by atoms with Crippen molar-refractivity contribution in [1.82, 2.24) is 4.90 Å². The number of benzene rings is 1. The highest BCUT2D eigenvalue weighted by Gasteiger charge is 2.51. The van der Waals surface area contributed by atoms with E-state index in [1.807, 2.05) is 0 Å². The molecule has 4 aliphatic rings. The summed E-state index contributed by atoms with van der Waals surface area (Å²) in [6, 6.07) is 5.17. The Hall–Kier alpha value is -3.16. The summed E-state index contributed by atoms with van der Waals surface area (Å²) in [4.78, 5) is 68.7. The number of imide groups is 1. The lowest BCUT2D eigenvalue weighted by Crippen LogP contribution is -2.58. The number of likely N-dealkylation sites (tertiary alicyclic amines) is 1. The fourth-order valence-corrected chi connectivity index (χ4v) is 9.00. The number of carbonyl (C=O) groups excluding carboxylic acids is 5. The standard InChI is InChI=1S/C29H30N2O8S3/c1-29(2)23(40)20(28-41-21(26(35)38-4)22(42-28)27(36)39-5)17-12-14(37-3)10-11-18(17)31(29)19(32)13-30-24(33)15-8-6-7-9-16(15)25(30)34/h10-12,15-16H,6-9,13H2,1-5H3. The molecule has 1 aliphatic carbocycles. The molecule has 3 amide bonds. The molecule has 2 fully saturated rings. The van der Waals surface area contributed by atoms with Crippen LogP contribution in [0.4, 0.5) is 5.69 Å². The first kappa shape index (κ1) is 30.3. The molecule has 0 radical (unpaired) electrons. The molecule has 0 spiro atoms. The summed E-state index contributed by atoms with van der Waals surface area (Å²) in [6.45, 7) is 3.18. The SMILES string of the molecule is COC(=O)C1=C(C(=O)OC)SC(=C2C(=S)C(C)(C)N(C(=O)CN3C(=O)C4CCCCC4C3=O)c3ccc(OC)cc32)S1. The minimum Gasteiger partial charge on any atom is -0.497 e. The number of methoxy groups -OCH3 is 3. The first-order valence-corrected chi connectivity index (χ1v) is 15.4. The van der Waals surface area contributed by atoms with Crippen molar-refractivity contribution in [2.75, 3.05) is 32.8 Å². The van der Waals surface area contributed by atoms with Gasteiger partial charge in [-0.25, -0.2) is 9.59 Å². The molecule has 0 aromatic heterocycles. The third-order valence-corrected chi connectivity index (χ3v) is 11.3. The van der Waals surface area contributed by atoms with E-state index in [2.05, 4.69) is 0 Å². The van der Waals surface area contributed by atoms with Gasteiger partial charge in [0.2, 0.25) is 17.7 Å². The van der Waals surface area contributed by atoms with Crippen molar-refractivity contribution in [3.05, 3.63) is 37.8 Å². The van der Waals surface area contributed by atoms with E-state index < -0.39 is 29.9 Å². The molecular weight excluding hydrogens is 601 g/mol. The average Bonchev–Trinajstić information content (AvgIpc) is 3.52. The number of carbonyl (C=O) groups is 5. The zero-order valence-electron chi connectivity index (χ0n) is 23.8. The topological polar surface area (TPSA) is 120 Å². The van der Waals surface area contributed by atoms with E-state index in [9.17, 15) is 24.0 Å². The summed E-state index contributed by atoms with van der Waals surface area (Å²) in [7, 11) is 3.96. The van der Waals surface area contributed by atoms with Crippen LogP contribution >= 0.6 is 35.7 Å². The number of anilines is 1. The molecule has 1 saturated carbocycles. The first-order chi connectivity index (χ1) is 20.0. The summed E-state index contributed by atoms with van der Waals surface area (Å²) in [5.74, 6) is -2.63. The highest BCUT2D eigenvalue weighted by Crippen LogP contribution is 2.56. The Morgan fingerprint density at radius 1 is 0.952 bits per heavy atom. The number of rotatable bonds is 5. The minimum absolute atomic E-state index is 0.0768. The van der Waals surface area contributed by atoms with Crippen LogP contribution < -0.4 is 9.64 Å². The van der Waals surface area contributed by atoms with Gasteiger partial charge in [-0.15, -0.1) is 0 Å². The van der Waals surface area contributed by atoms with E-state index in [0.717, 1.165) is 41.3 Å². The fraction of sp³-hybridized carbons (Fsp3) is 0.448. The molecule has 0 bridgehead atoms. The average molecular weight is 631 g/mol. The van der Waals surface area contributed by atoms with Gasteiger partial charge in [-0.1, -0.05) is 48.6 Å². The number of hydrogen-bond acceptors (Lipinski definition) is 11. The number of thiocarbonyl (C=S) groups is 1. The number of fused-ring (bicyclic) bond motifs is 2. The van der Waals surface area contributed by atoms with E-state index in [1.54, 1.807) is 32.0 Å². The van der Waals surface area contributed by atoms with E-state index >= 15 is 0 Å². The van der Waals surface area contributed by atoms with Gasteiger partial charge in [0.25, 0.3) is 0 Å². The largest absolute Gasteiger partial charge is 0.497 e. The quantitative estimate of drug-likeness (QED) is 0.203. The second-order valence-electron chi connectivity index (χ2n) is 10.8. The molecular formula is C29H30N2O8S3. The Labute approximate surface area is 257 Å². The number of hydrogen-bond donors (Lipinski definition) is 0. The lowest BCUT2D eigenvalue weighted by molar-refractivity contribution is -0.143. The van der Waals surface area contributed by atoms with Crippen molar-refractivity contribution in [2.45, 2.75) is 45.1 Å². The lowest BCUT2D eigenvalue weighted by atomic mass is 9.81. The Morgan fingerprint density at radius 3 is 2.00 bits per heavy atom.